The molecule has 7 heteroatoms. The number of nitrogens with zero attached hydrogens (tertiary/aromatic N) is 3. The molecule has 196 valence electrons. The van der Waals surface area contributed by atoms with Crippen LogP contribution in [0.3, 0.4) is 0 Å². The van der Waals surface area contributed by atoms with Gasteiger partial charge in [0, 0.05) is 39.8 Å². The largest absolute Gasteiger partial charge is 0.334 e. The molecule has 1 N–H and O–H groups in total. The van der Waals surface area contributed by atoms with Crippen LogP contribution >= 0.6 is 11.3 Å². The standard InChI is InChI=1S/C30H38N4O2S/c1-19-15-21(3)32-29(35)25(19)18-34-12-6-9-26-28(30(34)36)22(4)27(37-26)16-23-10-13-33(14-11-23)17-24-8-5-7-20(2)31-24/h5,7-8,15,23H,6,9-14,16-18H2,1-4H3,(H,32,35). The van der Waals surface area contributed by atoms with Crippen LogP contribution in [-0.2, 0) is 25.9 Å². The molecule has 0 radical (unpaired) electrons. The van der Waals surface area contributed by atoms with E-state index in [2.05, 4.69) is 33.9 Å². The summed E-state index contributed by atoms with van der Waals surface area (Å²) in [5, 5.41) is 0. The van der Waals surface area contributed by atoms with Crippen molar-refractivity contribution in [3.05, 3.63) is 83.7 Å². The molecule has 0 atom stereocenters. The van der Waals surface area contributed by atoms with E-state index in [0.717, 1.165) is 72.7 Å². The predicted molar refractivity (Wildman–Crippen MR) is 149 cm³/mol. The van der Waals surface area contributed by atoms with E-state index in [-0.39, 0.29) is 11.5 Å². The third-order valence-electron chi connectivity index (χ3n) is 8.01. The SMILES string of the molecule is Cc1cccc(CN2CCC(Cc3sc4c(c3C)C(=O)N(Cc3c(C)cc(C)[nH]c3=O)CCC4)CC2)n1. The number of hydrogen-bond donors (Lipinski definition) is 1. The van der Waals surface area contributed by atoms with Crippen LogP contribution in [0, 0.1) is 33.6 Å². The number of aromatic amines is 1. The molecule has 0 aromatic carbocycles. The van der Waals surface area contributed by atoms with E-state index < -0.39 is 0 Å². The maximum absolute atomic E-state index is 13.7. The number of likely N-dealkylation sites (tertiary alicyclic amines) is 1. The Hall–Kier alpha value is -2.77. The maximum Gasteiger partial charge on any atom is 0.255 e. The molecule has 5 heterocycles. The summed E-state index contributed by atoms with van der Waals surface area (Å²) in [4.78, 5) is 40.9. The quantitative estimate of drug-likeness (QED) is 0.493. The molecule has 0 saturated carbocycles. The first-order chi connectivity index (χ1) is 17.8. The second kappa shape index (κ2) is 10.9. The van der Waals surface area contributed by atoms with Crippen LogP contribution in [0.25, 0.3) is 0 Å². The third kappa shape index (κ3) is 5.73. The zero-order valence-electron chi connectivity index (χ0n) is 22.5. The van der Waals surface area contributed by atoms with Gasteiger partial charge < -0.3 is 9.88 Å². The number of thiophene rings is 1. The van der Waals surface area contributed by atoms with Crippen molar-refractivity contribution in [1.29, 1.82) is 0 Å². The average Bonchev–Trinajstić information content (AvgIpc) is 3.06. The van der Waals surface area contributed by atoms with Crippen molar-refractivity contribution in [3.8, 4) is 0 Å². The number of nitrogens with one attached hydrogen (secondary N) is 1. The van der Waals surface area contributed by atoms with Crippen LogP contribution in [0.5, 0.6) is 0 Å². The minimum absolute atomic E-state index is 0.0815. The molecular formula is C30H38N4O2S. The van der Waals surface area contributed by atoms with E-state index in [1.54, 1.807) is 0 Å². The van der Waals surface area contributed by atoms with Gasteiger partial charge in [0.25, 0.3) is 11.5 Å². The lowest BCUT2D eigenvalue weighted by Gasteiger charge is -2.31. The average molecular weight is 519 g/mol. The zero-order chi connectivity index (χ0) is 26.1. The Labute approximate surface area is 223 Å². The topological polar surface area (TPSA) is 69.3 Å². The molecule has 0 aliphatic carbocycles. The number of pyridine rings is 2. The summed E-state index contributed by atoms with van der Waals surface area (Å²) >= 11 is 1.86. The minimum Gasteiger partial charge on any atom is -0.334 e. The van der Waals surface area contributed by atoms with Gasteiger partial charge in [-0.3, -0.25) is 19.5 Å². The number of aromatic nitrogens is 2. The lowest BCUT2D eigenvalue weighted by Crippen LogP contribution is -2.34. The molecule has 2 aliphatic heterocycles. The van der Waals surface area contributed by atoms with Crippen molar-refractivity contribution in [3.63, 3.8) is 0 Å². The van der Waals surface area contributed by atoms with Gasteiger partial charge in [-0.1, -0.05) is 6.07 Å². The van der Waals surface area contributed by atoms with Crippen LogP contribution in [0.4, 0.5) is 0 Å². The van der Waals surface area contributed by atoms with Crippen molar-refractivity contribution in [2.24, 2.45) is 5.92 Å². The van der Waals surface area contributed by atoms with Gasteiger partial charge in [-0.15, -0.1) is 11.3 Å². The number of carbonyl (C=O) groups is 1. The summed E-state index contributed by atoms with van der Waals surface area (Å²) in [6, 6.07) is 8.25. The van der Waals surface area contributed by atoms with E-state index >= 15 is 0 Å². The fourth-order valence-corrected chi connectivity index (χ4v) is 7.37. The van der Waals surface area contributed by atoms with Gasteiger partial charge in [0.05, 0.1) is 17.8 Å². The number of amides is 1. The molecule has 0 bridgehead atoms. The summed E-state index contributed by atoms with van der Waals surface area (Å²) in [5.41, 5.74) is 6.72. The second-order valence-electron chi connectivity index (χ2n) is 10.9. The Morgan fingerprint density at radius 1 is 1.05 bits per heavy atom. The fraction of sp³-hybridized carbons (Fsp3) is 0.500. The molecule has 1 fully saturated rings. The third-order valence-corrected chi connectivity index (χ3v) is 9.38. The first-order valence-corrected chi connectivity index (χ1v) is 14.3. The number of fused-ring (bicyclic) bond motifs is 1. The summed E-state index contributed by atoms with van der Waals surface area (Å²) in [6.07, 6.45) is 5.30. The predicted octanol–water partition coefficient (Wildman–Crippen LogP) is 5.11. The van der Waals surface area contributed by atoms with Crippen molar-refractivity contribution in [2.75, 3.05) is 19.6 Å². The van der Waals surface area contributed by atoms with Crippen molar-refractivity contribution in [1.82, 2.24) is 19.8 Å². The minimum atomic E-state index is -0.0815. The summed E-state index contributed by atoms with van der Waals surface area (Å²) in [7, 11) is 0. The summed E-state index contributed by atoms with van der Waals surface area (Å²) in [6.45, 7) is 12.2. The van der Waals surface area contributed by atoms with Crippen LogP contribution in [-0.4, -0.2) is 45.3 Å². The molecule has 6 nitrogen and oxygen atoms in total. The molecule has 5 rings (SSSR count). The van der Waals surface area contributed by atoms with Gasteiger partial charge >= 0.3 is 0 Å². The number of carbonyl (C=O) groups excluding carboxylic acids is 1. The van der Waals surface area contributed by atoms with Gasteiger partial charge in [0.1, 0.15) is 0 Å². The number of hydrogen-bond acceptors (Lipinski definition) is 5. The van der Waals surface area contributed by atoms with E-state index in [4.69, 9.17) is 0 Å². The van der Waals surface area contributed by atoms with Gasteiger partial charge in [-0.25, -0.2) is 0 Å². The normalized spacial score (nSPS) is 17.2. The smallest absolute Gasteiger partial charge is 0.255 e. The van der Waals surface area contributed by atoms with Crippen molar-refractivity contribution < 1.29 is 4.79 Å². The Kier molecular flexibility index (Phi) is 7.63. The van der Waals surface area contributed by atoms with Crippen LogP contribution in [0.1, 0.15) is 73.1 Å². The van der Waals surface area contributed by atoms with Gasteiger partial charge in [0.15, 0.2) is 0 Å². The Morgan fingerprint density at radius 2 is 1.84 bits per heavy atom. The summed E-state index contributed by atoms with van der Waals surface area (Å²) < 4.78 is 0. The molecule has 1 saturated heterocycles. The highest BCUT2D eigenvalue weighted by Crippen LogP contribution is 2.36. The fourth-order valence-electron chi connectivity index (χ4n) is 5.91. The molecule has 3 aromatic heterocycles. The number of H-pyrrole nitrogens is 1. The van der Waals surface area contributed by atoms with Gasteiger partial charge in [-0.05, 0) is 108 Å². The van der Waals surface area contributed by atoms with Crippen molar-refractivity contribution in [2.45, 2.75) is 72.9 Å². The van der Waals surface area contributed by atoms with E-state index in [1.165, 1.54) is 22.6 Å². The summed E-state index contributed by atoms with van der Waals surface area (Å²) in [5.74, 6) is 0.745. The van der Waals surface area contributed by atoms with E-state index in [9.17, 15) is 9.59 Å². The molecule has 37 heavy (non-hydrogen) atoms. The Morgan fingerprint density at radius 3 is 2.57 bits per heavy atom. The Balaban J connectivity index is 1.25. The number of rotatable bonds is 6. The molecule has 2 aliphatic rings. The van der Waals surface area contributed by atoms with Crippen molar-refractivity contribution >= 4 is 17.2 Å². The Bertz CT molecular complexity index is 1350. The maximum atomic E-state index is 13.7. The molecular weight excluding hydrogens is 480 g/mol. The highest BCUT2D eigenvalue weighted by molar-refractivity contribution is 7.12. The first kappa shape index (κ1) is 25.9. The lowest BCUT2D eigenvalue weighted by atomic mass is 9.91. The molecule has 1 amide bonds. The molecule has 3 aromatic rings. The zero-order valence-corrected chi connectivity index (χ0v) is 23.3. The van der Waals surface area contributed by atoms with Crippen LogP contribution in [0.2, 0.25) is 0 Å². The monoisotopic (exact) mass is 518 g/mol. The number of piperidine rings is 1. The second-order valence-corrected chi connectivity index (χ2v) is 12.1. The highest BCUT2D eigenvalue weighted by atomic mass is 32.1. The number of aryl methyl sites for hydroxylation is 4. The molecule has 0 unspecified atom stereocenters. The lowest BCUT2D eigenvalue weighted by molar-refractivity contribution is 0.0747. The van der Waals surface area contributed by atoms with Crippen LogP contribution < -0.4 is 5.56 Å². The van der Waals surface area contributed by atoms with Gasteiger partial charge in [0.2, 0.25) is 0 Å². The van der Waals surface area contributed by atoms with Gasteiger partial charge in [-0.2, -0.15) is 0 Å². The molecule has 0 spiro atoms. The van der Waals surface area contributed by atoms with Crippen LogP contribution in [0.15, 0.2) is 29.1 Å². The first-order valence-electron chi connectivity index (χ1n) is 13.5. The van der Waals surface area contributed by atoms with E-state index in [0.29, 0.717) is 24.6 Å². The van der Waals surface area contributed by atoms with E-state index in [1.807, 2.05) is 49.1 Å². The highest BCUT2D eigenvalue weighted by Gasteiger charge is 2.30.